The highest BCUT2D eigenvalue weighted by Crippen LogP contribution is 2.11. The van der Waals surface area contributed by atoms with Gasteiger partial charge in [-0.15, -0.1) is 0 Å². The van der Waals surface area contributed by atoms with E-state index in [2.05, 4.69) is 5.32 Å². The maximum absolute atomic E-state index is 11.9. The third-order valence-corrected chi connectivity index (χ3v) is 2.86. The number of ether oxygens (including phenoxy) is 1. The number of carbonyl (C=O) groups excluding carboxylic acids is 1. The number of hydrogen-bond donors (Lipinski definition) is 2. The summed E-state index contributed by atoms with van der Waals surface area (Å²) in [5, 5.41) is 11.9. The third-order valence-electron chi connectivity index (χ3n) is 2.61. The SMILES string of the molecule is COCC(NC(=O)N(C)Cc1ccc(Cl)cc1)C(=O)O. The number of halogens is 1. The third kappa shape index (κ3) is 5.07. The summed E-state index contributed by atoms with van der Waals surface area (Å²) in [5.74, 6) is -1.14. The molecule has 6 nitrogen and oxygen atoms in total. The van der Waals surface area contributed by atoms with Gasteiger partial charge in [-0.25, -0.2) is 9.59 Å². The molecular weight excluding hydrogens is 284 g/mol. The smallest absolute Gasteiger partial charge is 0.328 e. The first kappa shape index (κ1) is 16.3. The van der Waals surface area contributed by atoms with Crippen LogP contribution in [0.25, 0.3) is 0 Å². The summed E-state index contributed by atoms with van der Waals surface area (Å²) in [5.41, 5.74) is 0.894. The quantitative estimate of drug-likeness (QED) is 0.836. The van der Waals surface area contributed by atoms with Gasteiger partial charge in [-0.1, -0.05) is 23.7 Å². The van der Waals surface area contributed by atoms with Crippen molar-refractivity contribution in [2.24, 2.45) is 0 Å². The zero-order valence-electron chi connectivity index (χ0n) is 11.3. The number of rotatable bonds is 6. The van der Waals surface area contributed by atoms with Crippen molar-refractivity contribution in [2.75, 3.05) is 20.8 Å². The van der Waals surface area contributed by atoms with Crippen LogP contribution in [0, 0.1) is 0 Å². The van der Waals surface area contributed by atoms with Crippen LogP contribution in [0.5, 0.6) is 0 Å². The summed E-state index contributed by atoms with van der Waals surface area (Å²) in [6, 6.07) is 5.51. The van der Waals surface area contributed by atoms with Gasteiger partial charge in [0.05, 0.1) is 6.61 Å². The number of methoxy groups -OCH3 is 1. The number of amides is 2. The Labute approximate surface area is 122 Å². The number of carbonyl (C=O) groups is 2. The van der Waals surface area contributed by atoms with Crippen molar-refractivity contribution in [1.29, 1.82) is 0 Å². The Hall–Kier alpha value is -1.79. The molecule has 0 aliphatic rings. The predicted octanol–water partition coefficient (Wildman–Crippen LogP) is 1.58. The standard InChI is InChI=1S/C13H17ClN2O4/c1-16(7-9-3-5-10(14)6-4-9)13(19)15-11(8-20-2)12(17)18/h3-6,11H,7-8H2,1-2H3,(H,15,19)(H,17,18). The van der Waals surface area contributed by atoms with Crippen LogP contribution in [0.15, 0.2) is 24.3 Å². The average Bonchev–Trinajstić information content (AvgIpc) is 2.40. The Kier molecular flexibility index (Phi) is 6.27. The molecule has 1 aromatic carbocycles. The summed E-state index contributed by atoms with van der Waals surface area (Å²) >= 11 is 5.78. The van der Waals surface area contributed by atoms with Crippen molar-refractivity contribution in [1.82, 2.24) is 10.2 Å². The number of nitrogens with one attached hydrogen (secondary N) is 1. The minimum Gasteiger partial charge on any atom is -0.480 e. The van der Waals surface area contributed by atoms with E-state index in [1.807, 2.05) is 0 Å². The van der Waals surface area contributed by atoms with Gasteiger partial charge < -0.3 is 20.1 Å². The molecule has 0 heterocycles. The van der Waals surface area contributed by atoms with E-state index < -0.39 is 18.0 Å². The molecule has 1 aromatic rings. The van der Waals surface area contributed by atoms with Crippen LogP contribution in [-0.4, -0.2) is 48.8 Å². The van der Waals surface area contributed by atoms with Crippen LogP contribution in [0.1, 0.15) is 5.56 Å². The van der Waals surface area contributed by atoms with E-state index in [1.165, 1.54) is 12.0 Å². The highest BCUT2D eigenvalue weighted by molar-refractivity contribution is 6.30. The van der Waals surface area contributed by atoms with Crippen LogP contribution in [0.3, 0.4) is 0 Å². The topological polar surface area (TPSA) is 78.9 Å². The van der Waals surface area contributed by atoms with Gasteiger partial charge in [0, 0.05) is 25.7 Å². The molecule has 0 saturated heterocycles. The van der Waals surface area contributed by atoms with Gasteiger partial charge in [0.2, 0.25) is 0 Å². The average molecular weight is 301 g/mol. The molecule has 0 bridgehead atoms. The first-order chi connectivity index (χ1) is 9.43. The number of urea groups is 1. The van der Waals surface area contributed by atoms with Gasteiger partial charge in [0.25, 0.3) is 0 Å². The molecule has 1 unspecified atom stereocenters. The number of carboxylic acid groups (broad SMARTS) is 1. The highest BCUT2D eigenvalue weighted by Gasteiger charge is 2.21. The monoisotopic (exact) mass is 300 g/mol. The van der Waals surface area contributed by atoms with E-state index >= 15 is 0 Å². The number of aliphatic carboxylic acids is 1. The Balaban J connectivity index is 2.57. The molecule has 1 rings (SSSR count). The maximum atomic E-state index is 11.9. The van der Waals surface area contributed by atoms with Crippen molar-refractivity contribution in [3.8, 4) is 0 Å². The lowest BCUT2D eigenvalue weighted by molar-refractivity contribution is -0.140. The molecule has 0 aromatic heterocycles. The fourth-order valence-corrected chi connectivity index (χ4v) is 1.66. The molecule has 0 radical (unpaired) electrons. The molecule has 0 aliphatic carbocycles. The lowest BCUT2D eigenvalue weighted by Gasteiger charge is -2.21. The Morgan fingerprint density at radius 1 is 1.40 bits per heavy atom. The van der Waals surface area contributed by atoms with E-state index in [9.17, 15) is 9.59 Å². The van der Waals surface area contributed by atoms with Gasteiger partial charge >= 0.3 is 12.0 Å². The van der Waals surface area contributed by atoms with Gasteiger partial charge in [0.1, 0.15) is 0 Å². The molecule has 2 amide bonds. The van der Waals surface area contributed by atoms with E-state index in [1.54, 1.807) is 31.3 Å². The number of nitrogens with zero attached hydrogens (tertiary/aromatic N) is 1. The van der Waals surface area contributed by atoms with Crippen molar-refractivity contribution in [3.63, 3.8) is 0 Å². The molecular formula is C13H17ClN2O4. The molecule has 2 N–H and O–H groups in total. The predicted molar refractivity (Wildman–Crippen MR) is 74.8 cm³/mol. The summed E-state index contributed by atoms with van der Waals surface area (Å²) in [7, 11) is 2.95. The normalized spacial score (nSPS) is 11.8. The summed E-state index contributed by atoms with van der Waals surface area (Å²) in [6.07, 6.45) is 0. The molecule has 0 aliphatic heterocycles. The van der Waals surface area contributed by atoms with Crippen LogP contribution in [-0.2, 0) is 16.1 Å². The second kappa shape index (κ2) is 7.72. The minimum atomic E-state index is -1.14. The number of hydrogen-bond acceptors (Lipinski definition) is 3. The molecule has 0 saturated carbocycles. The molecule has 0 spiro atoms. The zero-order valence-corrected chi connectivity index (χ0v) is 12.1. The molecule has 110 valence electrons. The largest absolute Gasteiger partial charge is 0.480 e. The fraction of sp³-hybridized carbons (Fsp3) is 0.385. The van der Waals surface area contributed by atoms with Crippen molar-refractivity contribution < 1.29 is 19.4 Å². The lowest BCUT2D eigenvalue weighted by Crippen LogP contribution is -2.48. The Morgan fingerprint density at radius 3 is 2.50 bits per heavy atom. The molecule has 7 heteroatoms. The first-order valence-corrected chi connectivity index (χ1v) is 6.29. The second-order valence-electron chi connectivity index (χ2n) is 4.28. The van der Waals surface area contributed by atoms with E-state index in [4.69, 9.17) is 21.4 Å². The first-order valence-electron chi connectivity index (χ1n) is 5.92. The van der Waals surface area contributed by atoms with E-state index in [0.29, 0.717) is 11.6 Å². The second-order valence-corrected chi connectivity index (χ2v) is 4.71. The van der Waals surface area contributed by atoms with Crippen molar-refractivity contribution in [3.05, 3.63) is 34.9 Å². The minimum absolute atomic E-state index is 0.0874. The van der Waals surface area contributed by atoms with Gasteiger partial charge in [-0.2, -0.15) is 0 Å². The van der Waals surface area contributed by atoms with Crippen LogP contribution < -0.4 is 5.32 Å². The van der Waals surface area contributed by atoms with Crippen LogP contribution in [0.2, 0.25) is 5.02 Å². The fourth-order valence-electron chi connectivity index (χ4n) is 1.54. The Morgan fingerprint density at radius 2 is 2.00 bits per heavy atom. The molecule has 0 fully saturated rings. The van der Waals surface area contributed by atoms with Crippen LogP contribution in [0.4, 0.5) is 4.79 Å². The maximum Gasteiger partial charge on any atom is 0.328 e. The van der Waals surface area contributed by atoms with Crippen molar-refractivity contribution in [2.45, 2.75) is 12.6 Å². The van der Waals surface area contributed by atoms with Crippen molar-refractivity contribution >= 4 is 23.6 Å². The summed E-state index contributed by atoms with van der Waals surface area (Å²) < 4.78 is 4.75. The summed E-state index contributed by atoms with van der Waals surface area (Å²) in [4.78, 5) is 24.2. The molecule has 1 atom stereocenters. The van der Waals surface area contributed by atoms with Gasteiger partial charge in [-0.05, 0) is 17.7 Å². The summed E-state index contributed by atoms with van der Waals surface area (Å²) in [6.45, 7) is 0.262. The molecule has 20 heavy (non-hydrogen) atoms. The van der Waals surface area contributed by atoms with Gasteiger partial charge in [0.15, 0.2) is 6.04 Å². The Bertz CT molecular complexity index is 464. The number of carboxylic acids is 1. The van der Waals surface area contributed by atoms with E-state index in [-0.39, 0.29) is 6.61 Å². The van der Waals surface area contributed by atoms with E-state index in [0.717, 1.165) is 5.56 Å². The number of benzene rings is 1. The lowest BCUT2D eigenvalue weighted by atomic mass is 10.2. The van der Waals surface area contributed by atoms with Gasteiger partial charge in [-0.3, -0.25) is 0 Å². The highest BCUT2D eigenvalue weighted by atomic mass is 35.5. The van der Waals surface area contributed by atoms with Crippen LogP contribution >= 0.6 is 11.6 Å². The zero-order chi connectivity index (χ0) is 15.1.